The second-order valence-corrected chi connectivity index (χ2v) is 6.56. The first-order valence-electron chi connectivity index (χ1n) is 8.36. The maximum atomic E-state index is 12.7. The summed E-state index contributed by atoms with van der Waals surface area (Å²) in [7, 11) is 0. The van der Waals surface area contributed by atoms with Crippen molar-refractivity contribution < 1.29 is 9.59 Å². The zero-order valence-electron chi connectivity index (χ0n) is 13.6. The number of piperidine rings is 1. The van der Waals surface area contributed by atoms with Crippen molar-refractivity contribution in [3.63, 3.8) is 0 Å². The lowest BCUT2D eigenvalue weighted by atomic mass is 10.00. The standard InChI is InChI=1S/C17H24N4O2/c1-14-3-2-4-21(12-14)16-9-15(10-18-11-16)17(23)20-7-5-19(13-22)6-8-20/h9-11,13-14H,2-8,12H2,1H3. The summed E-state index contributed by atoms with van der Waals surface area (Å²) in [4.78, 5) is 33.5. The molecule has 2 amide bonds. The minimum atomic E-state index is 0.00922. The molecular formula is C17H24N4O2. The van der Waals surface area contributed by atoms with Crippen LogP contribution >= 0.6 is 0 Å². The number of hydrogen-bond acceptors (Lipinski definition) is 4. The highest BCUT2D eigenvalue weighted by molar-refractivity contribution is 5.95. The summed E-state index contributed by atoms with van der Waals surface area (Å²) < 4.78 is 0. The maximum Gasteiger partial charge on any atom is 0.255 e. The minimum absolute atomic E-state index is 0.00922. The van der Waals surface area contributed by atoms with Crippen molar-refractivity contribution in [1.29, 1.82) is 0 Å². The molecule has 2 aliphatic heterocycles. The fourth-order valence-corrected chi connectivity index (χ4v) is 3.35. The van der Waals surface area contributed by atoms with Crippen molar-refractivity contribution in [2.75, 3.05) is 44.2 Å². The summed E-state index contributed by atoms with van der Waals surface area (Å²) in [5.41, 5.74) is 1.68. The van der Waals surface area contributed by atoms with Crippen molar-refractivity contribution >= 4 is 18.0 Å². The molecule has 124 valence electrons. The summed E-state index contributed by atoms with van der Waals surface area (Å²) in [6.07, 6.45) is 6.79. The van der Waals surface area contributed by atoms with E-state index in [-0.39, 0.29) is 5.91 Å². The van der Waals surface area contributed by atoms with Gasteiger partial charge in [-0.1, -0.05) is 6.92 Å². The van der Waals surface area contributed by atoms with E-state index in [1.54, 1.807) is 16.0 Å². The zero-order valence-corrected chi connectivity index (χ0v) is 13.6. The number of anilines is 1. The largest absolute Gasteiger partial charge is 0.370 e. The number of hydrogen-bond donors (Lipinski definition) is 0. The Morgan fingerprint density at radius 2 is 2.00 bits per heavy atom. The van der Waals surface area contributed by atoms with E-state index in [4.69, 9.17) is 0 Å². The lowest BCUT2D eigenvalue weighted by Crippen LogP contribution is -2.48. The average Bonchev–Trinajstić information content (AvgIpc) is 2.61. The van der Waals surface area contributed by atoms with Gasteiger partial charge in [0, 0.05) is 45.5 Å². The first kappa shape index (κ1) is 15.8. The van der Waals surface area contributed by atoms with Gasteiger partial charge in [0.2, 0.25) is 6.41 Å². The van der Waals surface area contributed by atoms with Gasteiger partial charge in [-0.2, -0.15) is 0 Å². The zero-order chi connectivity index (χ0) is 16.2. The van der Waals surface area contributed by atoms with Crippen LogP contribution in [0.5, 0.6) is 0 Å². The van der Waals surface area contributed by atoms with Gasteiger partial charge < -0.3 is 14.7 Å². The number of aromatic nitrogens is 1. The number of nitrogens with zero attached hydrogens (tertiary/aromatic N) is 4. The Hall–Kier alpha value is -2.11. The molecule has 23 heavy (non-hydrogen) atoms. The molecule has 1 unspecified atom stereocenters. The van der Waals surface area contributed by atoms with E-state index in [2.05, 4.69) is 16.8 Å². The Morgan fingerprint density at radius 1 is 1.22 bits per heavy atom. The predicted octanol–water partition coefficient (Wildman–Crippen LogP) is 1.23. The normalized spacial score (nSPS) is 22.1. The Bertz CT molecular complexity index is 569. The quantitative estimate of drug-likeness (QED) is 0.787. The lowest BCUT2D eigenvalue weighted by molar-refractivity contribution is -0.119. The van der Waals surface area contributed by atoms with E-state index in [1.807, 2.05) is 12.3 Å². The third kappa shape index (κ3) is 3.63. The SMILES string of the molecule is CC1CCCN(c2cncc(C(=O)N3CCN(C=O)CC3)c2)C1. The van der Waals surface area contributed by atoms with Crippen molar-refractivity contribution in [2.24, 2.45) is 5.92 Å². The molecule has 0 bridgehead atoms. The summed E-state index contributed by atoms with van der Waals surface area (Å²) in [5, 5.41) is 0. The molecule has 0 radical (unpaired) electrons. The predicted molar refractivity (Wildman–Crippen MR) is 88.4 cm³/mol. The number of carbonyl (C=O) groups is 2. The van der Waals surface area contributed by atoms with Crippen LogP contribution in [-0.4, -0.2) is 66.4 Å². The van der Waals surface area contributed by atoms with E-state index in [0.717, 1.165) is 25.2 Å². The van der Waals surface area contributed by atoms with Gasteiger partial charge in [-0.05, 0) is 24.8 Å². The summed E-state index contributed by atoms with van der Waals surface area (Å²) in [6, 6.07) is 1.96. The third-order valence-electron chi connectivity index (χ3n) is 4.74. The molecule has 3 heterocycles. The molecule has 0 spiro atoms. The Morgan fingerprint density at radius 3 is 2.70 bits per heavy atom. The number of rotatable bonds is 3. The molecule has 2 saturated heterocycles. The van der Waals surface area contributed by atoms with Gasteiger partial charge in [0.05, 0.1) is 17.4 Å². The second kappa shape index (κ2) is 6.98. The topological polar surface area (TPSA) is 56.8 Å². The van der Waals surface area contributed by atoms with E-state index in [1.165, 1.54) is 12.8 Å². The maximum absolute atomic E-state index is 12.7. The molecule has 1 aromatic rings. The van der Waals surface area contributed by atoms with Crippen LogP contribution in [0.2, 0.25) is 0 Å². The van der Waals surface area contributed by atoms with Crippen LogP contribution in [0.1, 0.15) is 30.1 Å². The first-order chi connectivity index (χ1) is 11.2. The summed E-state index contributed by atoms with van der Waals surface area (Å²) >= 11 is 0. The molecular weight excluding hydrogens is 292 g/mol. The highest BCUT2D eigenvalue weighted by atomic mass is 16.2. The molecule has 6 heteroatoms. The Balaban J connectivity index is 1.69. The van der Waals surface area contributed by atoms with E-state index >= 15 is 0 Å². The Kier molecular flexibility index (Phi) is 4.79. The smallest absolute Gasteiger partial charge is 0.255 e. The Labute approximate surface area is 137 Å². The average molecular weight is 316 g/mol. The summed E-state index contributed by atoms with van der Waals surface area (Å²) in [5.74, 6) is 0.689. The third-order valence-corrected chi connectivity index (χ3v) is 4.74. The minimum Gasteiger partial charge on any atom is -0.370 e. The van der Waals surface area contributed by atoms with Crippen LogP contribution in [0.4, 0.5) is 5.69 Å². The number of pyridine rings is 1. The molecule has 0 aromatic carbocycles. The van der Waals surface area contributed by atoms with Crippen LogP contribution in [0.15, 0.2) is 18.5 Å². The molecule has 2 aliphatic rings. The molecule has 0 N–H and O–H groups in total. The van der Waals surface area contributed by atoms with Crippen LogP contribution in [-0.2, 0) is 4.79 Å². The summed E-state index contributed by atoms with van der Waals surface area (Å²) in [6.45, 7) is 6.70. The molecule has 0 saturated carbocycles. The first-order valence-corrected chi connectivity index (χ1v) is 8.36. The van der Waals surface area contributed by atoms with Crippen LogP contribution < -0.4 is 4.90 Å². The van der Waals surface area contributed by atoms with Crippen molar-refractivity contribution in [1.82, 2.24) is 14.8 Å². The van der Waals surface area contributed by atoms with Crippen LogP contribution in [0, 0.1) is 5.92 Å². The molecule has 0 aliphatic carbocycles. The molecule has 6 nitrogen and oxygen atoms in total. The number of carbonyl (C=O) groups excluding carboxylic acids is 2. The van der Waals surface area contributed by atoms with Gasteiger partial charge in [0.25, 0.3) is 5.91 Å². The van der Waals surface area contributed by atoms with Gasteiger partial charge in [0.15, 0.2) is 0 Å². The van der Waals surface area contributed by atoms with Crippen LogP contribution in [0.3, 0.4) is 0 Å². The highest BCUT2D eigenvalue weighted by Crippen LogP contribution is 2.23. The van der Waals surface area contributed by atoms with Gasteiger partial charge in [-0.15, -0.1) is 0 Å². The molecule has 3 rings (SSSR count). The molecule has 1 atom stereocenters. The second-order valence-electron chi connectivity index (χ2n) is 6.56. The van der Waals surface area contributed by atoms with Gasteiger partial charge >= 0.3 is 0 Å². The van der Waals surface area contributed by atoms with Gasteiger partial charge in [-0.25, -0.2) is 0 Å². The van der Waals surface area contributed by atoms with Crippen molar-refractivity contribution in [3.8, 4) is 0 Å². The van der Waals surface area contributed by atoms with Crippen molar-refractivity contribution in [2.45, 2.75) is 19.8 Å². The van der Waals surface area contributed by atoms with E-state index < -0.39 is 0 Å². The van der Waals surface area contributed by atoms with Gasteiger partial charge in [-0.3, -0.25) is 14.6 Å². The highest BCUT2D eigenvalue weighted by Gasteiger charge is 2.23. The fraction of sp³-hybridized carbons (Fsp3) is 0.588. The van der Waals surface area contributed by atoms with E-state index in [0.29, 0.717) is 37.7 Å². The lowest BCUT2D eigenvalue weighted by Gasteiger charge is -2.34. The van der Waals surface area contributed by atoms with Crippen molar-refractivity contribution in [3.05, 3.63) is 24.0 Å². The molecule has 1 aromatic heterocycles. The number of amides is 2. The van der Waals surface area contributed by atoms with Crippen LogP contribution in [0.25, 0.3) is 0 Å². The van der Waals surface area contributed by atoms with Gasteiger partial charge in [0.1, 0.15) is 0 Å². The fourth-order valence-electron chi connectivity index (χ4n) is 3.35. The van der Waals surface area contributed by atoms with E-state index in [9.17, 15) is 9.59 Å². The number of piperazine rings is 1. The molecule has 2 fully saturated rings. The monoisotopic (exact) mass is 316 g/mol.